The lowest BCUT2D eigenvalue weighted by atomic mass is 10.1. The van der Waals surface area contributed by atoms with Crippen molar-refractivity contribution in [2.24, 2.45) is 4.99 Å². The molecule has 1 aliphatic rings. The monoisotopic (exact) mass is 239 g/mol. The number of hydrogen-bond acceptors (Lipinski definition) is 7. The third-order valence-electron chi connectivity index (χ3n) is 2.45. The number of anilines is 2. The van der Waals surface area contributed by atoms with Gasteiger partial charge >= 0.3 is 0 Å². The van der Waals surface area contributed by atoms with E-state index < -0.39 is 23.8 Å². The largest absolute Gasteiger partial charge is 0.391 e. The van der Waals surface area contributed by atoms with Gasteiger partial charge in [0.25, 0.3) is 5.56 Å². The maximum absolute atomic E-state index is 11.6. The molecule has 2 heterocycles. The summed E-state index contributed by atoms with van der Waals surface area (Å²) in [5, 5.41) is 21.7. The maximum Gasteiger partial charge on any atom is 0.277 e. The van der Waals surface area contributed by atoms with E-state index in [1.807, 2.05) is 0 Å². The summed E-state index contributed by atoms with van der Waals surface area (Å²) < 4.78 is 0. The van der Waals surface area contributed by atoms with Gasteiger partial charge in [0.15, 0.2) is 5.82 Å². The molecule has 1 unspecified atom stereocenters. The molecular weight excluding hydrogens is 226 g/mol. The van der Waals surface area contributed by atoms with Gasteiger partial charge in [0.05, 0.1) is 12.1 Å². The Kier molecular flexibility index (Phi) is 2.82. The van der Waals surface area contributed by atoms with Crippen molar-refractivity contribution in [1.82, 2.24) is 9.97 Å². The third-order valence-corrected chi connectivity index (χ3v) is 2.45. The van der Waals surface area contributed by atoms with Gasteiger partial charge in [-0.1, -0.05) is 0 Å². The molecule has 8 nitrogen and oxygen atoms in total. The number of fused-ring (bicyclic) bond motifs is 1. The van der Waals surface area contributed by atoms with Gasteiger partial charge in [-0.25, -0.2) is 4.99 Å². The molecule has 6 N–H and O–H groups in total. The van der Waals surface area contributed by atoms with E-state index in [2.05, 4.69) is 20.3 Å². The van der Waals surface area contributed by atoms with Crippen molar-refractivity contribution < 1.29 is 10.2 Å². The van der Waals surface area contributed by atoms with E-state index >= 15 is 0 Å². The maximum atomic E-state index is 11.6. The summed E-state index contributed by atoms with van der Waals surface area (Å²) in [6, 6.07) is -0.644. The fourth-order valence-electron chi connectivity index (χ4n) is 1.53. The van der Waals surface area contributed by atoms with Gasteiger partial charge in [0.2, 0.25) is 5.95 Å². The van der Waals surface area contributed by atoms with Crippen LogP contribution in [0.15, 0.2) is 9.79 Å². The Labute approximate surface area is 96.2 Å². The molecule has 0 spiro atoms. The van der Waals surface area contributed by atoms with E-state index in [1.54, 1.807) is 0 Å². The molecule has 2 rings (SSSR count). The number of aromatic amines is 1. The predicted octanol–water partition coefficient (Wildman–Crippen LogP) is -1.41. The summed E-state index contributed by atoms with van der Waals surface area (Å²) in [6.07, 6.45) is -0.629. The van der Waals surface area contributed by atoms with Crippen LogP contribution in [0.3, 0.4) is 0 Å². The zero-order valence-electron chi connectivity index (χ0n) is 9.08. The quantitative estimate of drug-likeness (QED) is 0.430. The van der Waals surface area contributed by atoms with Gasteiger partial charge in [-0.15, -0.1) is 0 Å². The van der Waals surface area contributed by atoms with E-state index in [0.29, 0.717) is 0 Å². The third kappa shape index (κ3) is 2.12. The Morgan fingerprint density at radius 2 is 2.24 bits per heavy atom. The molecule has 3 atom stereocenters. The first-order valence-electron chi connectivity index (χ1n) is 5.05. The Bertz CT molecular complexity index is 510. The molecule has 0 saturated carbocycles. The van der Waals surface area contributed by atoms with E-state index in [9.17, 15) is 15.0 Å². The van der Waals surface area contributed by atoms with Crippen molar-refractivity contribution in [2.45, 2.75) is 25.2 Å². The average molecular weight is 239 g/mol. The normalized spacial score (nSPS) is 21.5. The minimum atomic E-state index is -1.07. The first kappa shape index (κ1) is 11.6. The zero-order valence-corrected chi connectivity index (χ0v) is 9.08. The second-order valence-electron chi connectivity index (χ2n) is 3.83. The molecule has 1 aromatic heterocycles. The molecule has 0 bridgehead atoms. The highest BCUT2D eigenvalue weighted by Crippen LogP contribution is 2.23. The first-order valence-corrected chi connectivity index (χ1v) is 5.05. The number of nitrogens with zero attached hydrogens (tertiary/aromatic N) is 2. The van der Waals surface area contributed by atoms with E-state index in [0.717, 1.165) is 0 Å². The molecular formula is C9H13N5O3. The lowest BCUT2D eigenvalue weighted by molar-refractivity contribution is 0.0314. The molecule has 0 radical (unpaired) electrons. The topological polar surface area (TPSA) is 137 Å². The van der Waals surface area contributed by atoms with Gasteiger partial charge in [0, 0.05) is 6.21 Å². The highest BCUT2D eigenvalue weighted by atomic mass is 16.3. The number of hydrogen-bond donors (Lipinski definition) is 5. The zero-order chi connectivity index (χ0) is 12.6. The first-order chi connectivity index (χ1) is 7.99. The van der Waals surface area contributed by atoms with E-state index in [-0.39, 0.29) is 17.5 Å². The molecule has 8 heteroatoms. The van der Waals surface area contributed by atoms with Crippen molar-refractivity contribution in [3.63, 3.8) is 0 Å². The van der Waals surface area contributed by atoms with Crippen molar-refractivity contribution in [3.8, 4) is 0 Å². The van der Waals surface area contributed by atoms with E-state index in [4.69, 9.17) is 5.73 Å². The van der Waals surface area contributed by atoms with Crippen molar-refractivity contribution in [3.05, 3.63) is 10.4 Å². The van der Waals surface area contributed by atoms with Crippen LogP contribution in [0.25, 0.3) is 0 Å². The summed E-state index contributed by atoms with van der Waals surface area (Å²) in [7, 11) is 0. The second kappa shape index (κ2) is 4.15. The lowest BCUT2D eigenvalue weighted by Gasteiger charge is -2.26. The van der Waals surface area contributed by atoms with Crippen molar-refractivity contribution in [1.29, 1.82) is 0 Å². The molecule has 1 aromatic rings. The SMILES string of the molecule is C[C@H](O)[C@H](O)C1C=Nc2nc(N)[nH]c(=O)c2N1. The highest BCUT2D eigenvalue weighted by molar-refractivity contribution is 5.81. The van der Waals surface area contributed by atoms with Crippen LogP contribution >= 0.6 is 0 Å². The molecule has 0 saturated heterocycles. The molecule has 0 aromatic carbocycles. The number of aliphatic hydroxyl groups excluding tert-OH is 2. The fraction of sp³-hybridized carbons (Fsp3) is 0.444. The number of aliphatic imine (C=N–C) groups is 1. The Balaban J connectivity index is 2.34. The summed E-state index contributed by atoms with van der Waals surface area (Å²) in [6.45, 7) is 1.45. The van der Waals surface area contributed by atoms with Crippen LogP contribution in [0.4, 0.5) is 17.5 Å². The molecule has 17 heavy (non-hydrogen) atoms. The summed E-state index contributed by atoms with van der Waals surface area (Å²) in [5.41, 5.74) is 5.03. The number of aliphatic hydroxyl groups is 2. The van der Waals surface area contributed by atoms with Crippen LogP contribution in [-0.2, 0) is 0 Å². The van der Waals surface area contributed by atoms with Crippen LogP contribution in [0.2, 0.25) is 0 Å². The number of nitrogen functional groups attached to an aromatic ring is 1. The minimum absolute atomic E-state index is 0.0257. The van der Waals surface area contributed by atoms with Gasteiger partial charge < -0.3 is 21.3 Å². The number of nitrogens with one attached hydrogen (secondary N) is 2. The van der Waals surface area contributed by atoms with Crippen molar-refractivity contribution >= 4 is 23.7 Å². The summed E-state index contributed by atoms with van der Waals surface area (Å²) in [5.74, 6) is 0.141. The lowest BCUT2D eigenvalue weighted by Crippen LogP contribution is -2.44. The second-order valence-corrected chi connectivity index (χ2v) is 3.83. The molecule has 0 amide bonds. The van der Waals surface area contributed by atoms with Gasteiger partial charge in [-0.2, -0.15) is 4.98 Å². The predicted molar refractivity (Wildman–Crippen MR) is 62.5 cm³/mol. The average Bonchev–Trinajstić information content (AvgIpc) is 2.27. The number of rotatable bonds is 2. The molecule has 1 aliphatic heterocycles. The summed E-state index contributed by atoms with van der Waals surface area (Å²) >= 11 is 0. The molecule has 0 aliphatic carbocycles. The Morgan fingerprint density at radius 3 is 2.88 bits per heavy atom. The minimum Gasteiger partial charge on any atom is -0.391 e. The van der Waals surface area contributed by atoms with Gasteiger partial charge in [-0.05, 0) is 6.92 Å². The highest BCUT2D eigenvalue weighted by Gasteiger charge is 2.27. The van der Waals surface area contributed by atoms with Crippen LogP contribution in [0.1, 0.15) is 6.92 Å². The van der Waals surface area contributed by atoms with Crippen LogP contribution in [0.5, 0.6) is 0 Å². The summed E-state index contributed by atoms with van der Waals surface area (Å²) in [4.78, 5) is 21.6. The number of H-pyrrole nitrogens is 1. The van der Waals surface area contributed by atoms with Crippen molar-refractivity contribution in [2.75, 3.05) is 11.1 Å². The van der Waals surface area contributed by atoms with Gasteiger partial charge in [0.1, 0.15) is 11.8 Å². The standard InChI is InChI=1S/C9H13N5O3/c1-3(15)6(16)4-2-11-7-5(12-4)8(17)14-9(10)13-7/h2-4,6,12,15-16H,1H3,(H3,10,13,14,17)/t3-,4?,6-/m0/s1. The Hall–Kier alpha value is -1.93. The fourth-order valence-corrected chi connectivity index (χ4v) is 1.53. The smallest absolute Gasteiger partial charge is 0.277 e. The van der Waals surface area contributed by atoms with Crippen LogP contribution in [-0.4, -0.2) is 44.6 Å². The van der Waals surface area contributed by atoms with Crippen LogP contribution < -0.4 is 16.6 Å². The van der Waals surface area contributed by atoms with Crippen LogP contribution in [0, 0.1) is 0 Å². The number of aromatic nitrogens is 2. The Morgan fingerprint density at radius 1 is 1.53 bits per heavy atom. The molecule has 92 valence electrons. The van der Waals surface area contributed by atoms with E-state index in [1.165, 1.54) is 13.1 Å². The van der Waals surface area contributed by atoms with Gasteiger partial charge in [-0.3, -0.25) is 9.78 Å². The molecule has 0 fully saturated rings. The number of nitrogens with two attached hydrogens (primary N) is 1.